The number of carbonyl (C=O) groups excluding carboxylic acids is 5. The zero-order chi connectivity index (χ0) is 60.8. The Labute approximate surface area is 505 Å². The molecule has 0 aliphatic heterocycles. The first-order valence-electron chi connectivity index (χ1n) is 25.2. The summed E-state index contributed by atoms with van der Waals surface area (Å²) in [7, 11) is 4.94. The highest BCUT2D eigenvalue weighted by atomic mass is 79.9. The van der Waals surface area contributed by atoms with Crippen LogP contribution in [0.1, 0.15) is 115 Å². The van der Waals surface area contributed by atoms with Crippen LogP contribution in [0.3, 0.4) is 0 Å². The fraction of sp³-hybridized carbons (Fsp3) is 0.389. The van der Waals surface area contributed by atoms with Crippen molar-refractivity contribution in [2.45, 2.75) is 32.6 Å². The van der Waals surface area contributed by atoms with E-state index in [1.807, 2.05) is 9.80 Å². The van der Waals surface area contributed by atoms with Crippen molar-refractivity contribution in [3.05, 3.63) is 111 Å². The van der Waals surface area contributed by atoms with Gasteiger partial charge in [-0.05, 0) is 68.3 Å². The minimum absolute atomic E-state index is 0.0237. The topological polar surface area (TPSA) is 327 Å². The Kier molecular flexibility index (Phi) is 27.5. The maximum Gasteiger partial charge on any atom is 0.339 e. The minimum atomic E-state index is -1.34. The van der Waals surface area contributed by atoms with Crippen LogP contribution >= 0.6 is 63.7 Å². The summed E-state index contributed by atoms with van der Waals surface area (Å²) in [6, 6.07) is 10.9. The van der Waals surface area contributed by atoms with Gasteiger partial charge < -0.3 is 65.0 Å². The molecule has 7 N–H and O–H groups in total. The smallest absolute Gasteiger partial charge is 0.339 e. The lowest BCUT2D eigenvalue weighted by atomic mass is 10.1. The molecule has 0 saturated heterocycles. The number of benzene rings is 4. The van der Waals surface area contributed by atoms with Gasteiger partial charge in [0.2, 0.25) is 0 Å². The van der Waals surface area contributed by atoms with Crippen LogP contribution in [0.15, 0.2) is 66.4 Å². The predicted molar refractivity (Wildman–Crippen MR) is 311 cm³/mol. The predicted octanol–water partition coefficient (Wildman–Crippen LogP) is 7.02. The van der Waals surface area contributed by atoms with E-state index in [9.17, 15) is 63.6 Å². The Balaban J connectivity index is 1.71. The van der Waals surface area contributed by atoms with Crippen LogP contribution in [0.5, 0.6) is 23.0 Å². The third-order valence-electron chi connectivity index (χ3n) is 12.4. The van der Waals surface area contributed by atoms with Crippen LogP contribution in [0.4, 0.5) is 0 Å². The van der Waals surface area contributed by atoms with Crippen molar-refractivity contribution >= 4 is 117 Å². The second-order valence-corrected chi connectivity index (χ2v) is 21.4. The van der Waals surface area contributed by atoms with E-state index in [2.05, 4.69) is 79.7 Å². The van der Waals surface area contributed by atoms with Crippen molar-refractivity contribution in [1.29, 1.82) is 0 Å². The highest BCUT2D eigenvalue weighted by Crippen LogP contribution is 2.33. The molecule has 0 aromatic heterocycles. The molecule has 444 valence electrons. The molecule has 28 heteroatoms. The number of esters is 1. The lowest BCUT2D eigenvalue weighted by Gasteiger charge is -2.31. The molecule has 0 aliphatic rings. The molecule has 0 spiro atoms. The Morgan fingerprint density at radius 3 is 1.05 bits per heavy atom. The van der Waals surface area contributed by atoms with E-state index in [1.165, 1.54) is 81.9 Å². The van der Waals surface area contributed by atoms with Gasteiger partial charge in [0.15, 0.2) is 0 Å². The van der Waals surface area contributed by atoms with E-state index in [1.54, 1.807) is 6.92 Å². The lowest BCUT2D eigenvalue weighted by molar-refractivity contribution is -0.143. The molecule has 4 aromatic carbocycles. The molecule has 82 heavy (non-hydrogen) atoms. The van der Waals surface area contributed by atoms with Gasteiger partial charge in [-0.3, -0.25) is 33.8 Å². The minimum Gasteiger partial charge on any atom is -0.495 e. The number of amides is 4. The van der Waals surface area contributed by atoms with E-state index >= 15 is 0 Å². The third kappa shape index (κ3) is 19.4. The van der Waals surface area contributed by atoms with Crippen molar-refractivity contribution in [1.82, 2.24) is 30.7 Å². The summed E-state index contributed by atoms with van der Waals surface area (Å²) in [4.78, 5) is 122. The molecular formula is C54H62Br4N6O18. The number of hydrogen-bond acceptors (Lipinski definition) is 16. The number of aromatic carboxylic acids is 4. The van der Waals surface area contributed by atoms with Crippen molar-refractivity contribution in [2.24, 2.45) is 0 Å². The molecule has 0 atom stereocenters. The van der Waals surface area contributed by atoms with Crippen LogP contribution in [0.25, 0.3) is 0 Å². The van der Waals surface area contributed by atoms with Crippen LogP contribution in [0, 0.1) is 0 Å². The number of unbranched alkanes of at least 4 members (excludes halogenated alkanes) is 2. The Hall–Kier alpha value is -6.85. The summed E-state index contributed by atoms with van der Waals surface area (Å²) in [6.07, 6.45) is 1.56. The summed E-state index contributed by atoms with van der Waals surface area (Å²) >= 11 is 13.1. The molecule has 0 unspecified atom stereocenters. The van der Waals surface area contributed by atoms with E-state index in [0.29, 0.717) is 37.2 Å². The highest BCUT2D eigenvalue weighted by Gasteiger charge is 2.28. The Morgan fingerprint density at radius 2 is 0.720 bits per heavy atom. The van der Waals surface area contributed by atoms with Crippen LogP contribution in [0.2, 0.25) is 0 Å². The van der Waals surface area contributed by atoms with E-state index in [0.717, 1.165) is 0 Å². The molecule has 0 fully saturated rings. The number of nitrogens with zero attached hydrogens (tertiary/aromatic N) is 3. The van der Waals surface area contributed by atoms with Crippen molar-refractivity contribution < 1.29 is 87.3 Å². The lowest BCUT2D eigenvalue weighted by Crippen LogP contribution is -2.46. The second-order valence-electron chi connectivity index (χ2n) is 17.7. The van der Waals surface area contributed by atoms with Crippen LogP contribution < -0.4 is 34.9 Å². The first-order chi connectivity index (χ1) is 39.0. The zero-order valence-corrected chi connectivity index (χ0v) is 51.6. The summed E-state index contributed by atoms with van der Waals surface area (Å²) in [5.41, 5.74) is -1.30. The zero-order valence-electron chi connectivity index (χ0n) is 45.3. The fourth-order valence-corrected chi connectivity index (χ4v) is 10.3. The van der Waals surface area contributed by atoms with E-state index in [-0.39, 0.29) is 158 Å². The maximum absolute atomic E-state index is 14.7. The average Bonchev–Trinajstić information content (AvgIpc) is 3.64. The third-order valence-corrected chi connectivity index (χ3v) is 14.2. The van der Waals surface area contributed by atoms with Gasteiger partial charge in [0.1, 0.15) is 45.3 Å². The number of carbonyl (C=O) groups is 9. The number of carboxylic acids is 4. The van der Waals surface area contributed by atoms with Crippen LogP contribution in [-0.2, 0) is 9.53 Å². The summed E-state index contributed by atoms with van der Waals surface area (Å²) in [5, 5.41) is 48.0. The molecule has 0 bridgehead atoms. The second kappa shape index (κ2) is 33.3. The molecule has 4 amide bonds. The number of nitrogens with one attached hydrogen (secondary N) is 3. The number of hydrogen-bond donors (Lipinski definition) is 7. The van der Waals surface area contributed by atoms with Gasteiger partial charge in [0.05, 0.1) is 57.3 Å². The average molecular weight is 1400 g/mol. The van der Waals surface area contributed by atoms with Gasteiger partial charge in [-0.1, -0.05) is 70.1 Å². The van der Waals surface area contributed by atoms with Gasteiger partial charge in [0, 0.05) is 96.3 Å². The standard InChI is InChI=1S/C54H62Br4N6O18/c1-6-82-42(65)10-8-7-9-14-64(50(69)37-25-33(58)29-41(54(76)77)46(37)81-5)21-20-63(17-13-61-49(68)36-24-32(57)28-40(53(74)75)45(36)80-4)19-18-62(15-11-59-47(66)34-22-30(55)26-38(51(70)71)43(34)78-2)16-12-60-48(67)35-23-31(56)27-39(52(72)73)44(35)79-3/h22-29H,6-21H2,1-5H3,(H,59,66)(H,60,67)(H,61,68)(H,70,71)(H,72,73)(H,74,75)(H,76,77). The van der Waals surface area contributed by atoms with Crippen molar-refractivity contribution in [3.63, 3.8) is 0 Å². The molecule has 4 aromatic rings. The van der Waals surface area contributed by atoms with Crippen molar-refractivity contribution in [2.75, 3.05) is 107 Å². The Morgan fingerprint density at radius 1 is 0.415 bits per heavy atom. The number of rotatable bonds is 34. The Bertz CT molecular complexity index is 2930. The number of halogens is 4. The number of ether oxygens (including phenoxy) is 5. The fourth-order valence-electron chi connectivity index (χ4n) is 8.51. The van der Waals surface area contributed by atoms with Gasteiger partial charge in [-0.15, -0.1) is 0 Å². The molecule has 0 aliphatic carbocycles. The largest absolute Gasteiger partial charge is 0.495 e. The molecule has 4 rings (SSSR count). The summed E-state index contributed by atoms with van der Waals surface area (Å²) < 4.78 is 27.8. The highest BCUT2D eigenvalue weighted by molar-refractivity contribution is 9.11. The quantitative estimate of drug-likeness (QED) is 0.0182. The summed E-state index contributed by atoms with van der Waals surface area (Å²) in [6.45, 7) is 2.87. The van der Waals surface area contributed by atoms with Gasteiger partial charge in [-0.25, -0.2) is 19.2 Å². The first-order valence-corrected chi connectivity index (χ1v) is 28.3. The van der Waals surface area contributed by atoms with Crippen molar-refractivity contribution in [3.8, 4) is 23.0 Å². The monoisotopic (exact) mass is 1400 g/mol. The molecule has 0 heterocycles. The van der Waals surface area contributed by atoms with Gasteiger partial charge in [0.25, 0.3) is 23.6 Å². The number of carboxylic acid groups (broad SMARTS) is 4. The number of methoxy groups -OCH3 is 4. The summed E-state index contributed by atoms with van der Waals surface area (Å²) in [5.74, 6) is -8.95. The normalized spacial score (nSPS) is 10.9. The molecular weight excluding hydrogens is 1340 g/mol. The SMILES string of the molecule is CCOC(=O)CCCCCN(CCN(CCNC(=O)c1cc(Br)cc(C(=O)O)c1OC)CCN(CCNC(=O)c1cc(Br)cc(C(=O)O)c1OC)CCNC(=O)c1cc(Br)cc(C(=O)O)c1OC)C(=O)c1cc(Br)cc(C(=O)O)c1OC. The molecule has 0 saturated carbocycles. The first kappa shape index (κ1) is 67.7. The van der Waals surface area contributed by atoms with Gasteiger partial charge in [-0.2, -0.15) is 0 Å². The van der Waals surface area contributed by atoms with E-state index < -0.39 is 47.5 Å². The van der Waals surface area contributed by atoms with Gasteiger partial charge >= 0.3 is 29.8 Å². The molecule has 24 nitrogen and oxygen atoms in total. The maximum atomic E-state index is 14.7. The van der Waals surface area contributed by atoms with E-state index in [4.69, 9.17) is 23.7 Å². The molecule has 0 radical (unpaired) electrons. The van der Waals surface area contributed by atoms with Crippen LogP contribution in [-0.4, -0.2) is 196 Å².